The Balaban J connectivity index is 1.81. The molecule has 4 heteroatoms. The molecule has 0 saturated heterocycles. The molecule has 0 bridgehead atoms. The second kappa shape index (κ2) is 6.12. The van der Waals surface area contributed by atoms with Crippen molar-refractivity contribution in [2.75, 3.05) is 6.54 Å². The minimum atomic E-state index is 0.712. The number of nitrogens with zero attached hydrogens (tertiary/aromatic N) is 2. The Kier molecular flexibility index (Phi) is 4.22. The summed E-state index contributed by atoms with van der Waals surface area (Å²) in [5, 5.41) is 4.25. The SMILES string of the molecule is Cc1nc(-c2cccc(Cl)c2)nc(C)c1CCNC1CC1. The van der Waals surface area contributed by atoms with Crippen LogP contribution in [0.1, 0.15) is 29.8 Å². The molecule has 0 atom stereocenters. The maximum Gasteiger partial charge on any atom is 0.159 e. The Morgan fingerprint density at radius 1 is 1.19 bits per heavy atom. The molecule has 0 amide bonds. The van der Waals surface area contributed by atoms with E-state index in [1.807, 2.05) is 24.3 Å². The summed E-state index contributed by atoms with van der Waals surface area (Å²) in [6.45, 7) is 5.14. The lowest BCUT2D eigenvalue weighted by Gasteiger charge is -2.11. The summed E-state index contributed by atoms with van der Waals surface area (Å²) in [6.07, 6.45) is 3.63. The van der Waals surface area contributed by atoms with Crippen LogP contribution >= 0.6 is 11.6 Å². The number of rotatable bonds is 5. The Labute approximate surface area is 130 Å². The van der Waals surface area contributed by atoms with Gasteiger partial charge in [0.2, 0.25) is 0 Å². The van der Waals surface area contributed by atoms with Gasteiger partial charge in [-0.3, -0.25) is 0 Å². The van der Waals surface area contributed by atoms with Gasteiger partial charge in [0.25, 0.3) is 0 Å². The van der Waals surface area contributed by atoms with E-state index in [1.54, 1.807) is 0 Å². The summed E-state index contributed by atoms with van der Waals surface area (Å²) < 4.78 is 0. The lowest BCUT2D eigenvalue weighted by atomic mass is 10.1. The average Bonchev–Trinajstić information content (AvgIpc) is 3.26. The maximum atomic E-state index is 6.05. The second-order valence-electron chi connectivity index (χ2n) is 5.69. The number of hydrogen-bond donors (Lipinski definition) is 1. The van der Waals surface area contributed by atoms with E-state index in [0.717, 1.165) is 41.8 Å². The van der Waals surface area contributed by atoms with Crippen LogP contribution < -0.4 is 5.32 Å². The fourth-order valence-electron chi connectivity index (χ4n) is 2.55. The van der Waals surface area contributed by atoms with E-state index in [1.165, 1.54) is 18.4 Å². The van der Waals surface area contributed by atoms with Crippen molar-refractivity contribution in [1.29, 1.82) is 0 Å². The van der Waals surface area contributed by atoms with Crippen molar-refractivity contribution >= 4 is 11.6 Å². The van der Waals surface area contributed by atoms with Crippen LogP contribution in [0.4, 0.5) is 0 Å². The number of nitrogens with one attached hydrogen (secondary N) is 1. The van der Waals surface area contributed by atoms with Gasteiger partial charge in [-0.2, -0.15) is 0 Å². The van der Waals surface area contributed by atoms with E-state index in [-0.39, 0.29) is 0 Å². The lowest BCUT2D eigenvalue weighted by molar-refractivity contribution is 0.675. The molecule has 0 unspecified atom stereocenters. The quantitative estimate of drug-likeness (QED) is 0.915. The van der Waals surface area contributed by atoms with Crippen molar-refractivity contribution in [3.8, 4) is 11.4 Å². The summed E-state index contributed by atoms with van der Waals surface area (Å²) in [6, 6.07) is 8.44. The highest BCUT2D eigenvalue weighted by atomic mass is 35.5. The second-order valence-corrected chi connectivity index (χ2v) is 6.12. The van der Waals surface area contributed by atoms with E-state index >= 15 is 0 Å². The van der Waals surface area contributed by atoms with Gasteiger partial charge >= 0.3 is 0 Å². The number of hydrogen-bond acceptors (Lipinski definition) is 3. The fraction of sp³-hybridized carbons (Fsp3) is 0.412. The van der Waals surface area contributed by atoms with E-state index in [9.17, 15) is 0 Å². The highest BCUT2D eigenvalue weighted by molar-refractivity contribution is 6.30. The van der Waals surface area contributed by atoms with Gasteiger partial charge in [0.15, 0.2) is 5.82 Å². The molecular weight excluding hydrogens is 282 g/mol. The van der Waals surface area contributed by atoms with Gasteiger partial charge in [-0.25, -0.2) is 9.97 Å². The third-order valence-electron chi connectivity index (χ3n) is 3.89. The minimum Gasteiger partial charge on any atom is -0.314 e. The molecule has 0 spiro atoms. The molecule has 21 heavy (non-hydrogen) atoms. The van der Waals surface area contributed by atoms with Gasteiger partial charge in [-0.15, -0.1) is 0 Å². The molecule has 110 valence electrons. The highest BCUT2D eigenvalue weighted by Crippen LogP contribution is 2.22. The van der Waals surface area contributed by atoms with Gasteiger partial charge in [0.05, 0.1) is 0 Å². The van der Waals surface area contributed by atoms with Gasteiger partial charge in [-0.05, 0) is 57.4 Å². The molecule has 1 fully saturated rings. The van der Waals surface area contributed by atoms with Crippen LogP contribution in [-0.2, 0) is 6.42 Å². The zero-order chi connectivity index (χ0) is 14.8. The Bertz CT molecular complexity index is 627. The van der Waals surface area contributed by atoms with Gasteiger partial charge < -0.3 is 5.32 Å². The molecule has 3 rings (SSSR count). The third kappa shape index (κ3) is 3.60. The Hall–Kier alpha value is -1.45. The standard InChI is InChI=1S/C17H20ClN3/c1-11-16(8-9-19-15-6-7-15)12(2)21-17(20-11)13-4-3-5-14(18)10-13/h3-5,10,15,19H,6-9H2,1-2H3. The summed E-state index contributed by atoms with van der Waals surface area (Å²) in [5.74, 6) is 0.756. The van der Waals surface area contributed by atoms with Crippen LogP contribution in [0.2, 0.25) is 5.02 Å². The Morgan fingerprint density at radius 3 is 2.52 bits per heavy atom. The number of benzene rings is 1. The molecule has 1 heterocycles. The molecule has 1 aliphatic carbocycles. The van der Waals surface area contributed by atoms with Gasteiger partial charge in [0.1, 0.15) is 0 Å². The first-order valence-corrected chi connectivity index (χ1v) is 7.85. The number of aryl methyl sites for hydroxylation is 2. The van der Waals surface area contributed by atoms with E-state index < -0.39 is 0 Å². The molecule has 3 nitrogen and oxygen atoms in total. The van der Waals surface area contributed by atoms with E-state index in [0.29, 0.717) is 5.02 Å². The van der Waals surface area contributed by atoms with Crippen LogP contribution in [0.3, 0.4) is 0 Å². The van der Waals surface area contributed by atoms with Crippen LogP contribution in [-0.4, -0.2) is 22.6 Å². The molecule has 1 aromatic carbocycles. The van der Waals surface area contributed by atoms with Crippen molar-refractivity contribution in [3.05, 3.63) is 46.2 Å². The smallest absolute Gasteiger partial charge is 0.159 e. The summed E-state index contributed by atoms with van der Waals surface area (Å²) >= 11 is 6.05. The van der Waals surface area contributed by atoms with Gasteiger partial charge in [-0.1, -0.05) is 23.7 Å². The molecule has 0 radical (unpaired) electrons. The van der Waals surface area contributed by atoms with E-state index in [2.05, 4.69) is 29.1 Å². The maximum absolute atomic E-state index is 6.05. The molecular formula is C17H20ClN3. The van der Waals surface area contributed by atoms with Crippen molar-refractivity contribution in [2.45, 2.75) is 39.2 Å². The molecule has 1 aliphatic rings. The zero-order valence-electron chi connectivity index (χ0n) is 12.5. The van der Waals surface area contributed by atoms with Crippen molar-refractivity contribution < 1.29 is 0 Å². The zero-order valence-corrected chi connectivity index (χ0v) is 13.2. The highest BCUT2D eigenvalue weighted by Gasteiger charge is 2.20. The predicted octanol–water partition coefficient (Wildman–Crippen LogP) is 3.71. The van der Waals surface area contributed by atoms with Crippen LogP contribution in [0.5, 0.6) is 0 Å². The first kappa shape index (κ1) is 14.5. The summed E-state index contributed by atoms with van der Waals surface area (Å²) in [5.41, 5.74) is 4.36. The molecule has 0 aliphatic heterocycles. The summed E-state index contributed by atoms with van der Waals surface area (Å²) in [7, 11) is 0. The molecule has 1 N–H and O–H groups in total. The number of halogens is 1. The summed E-state index contributed by atoms with van der Waals surface area (Å²) in [4.78, 5) is 9.32. The fourth-order valence-corrected chi connectivity index (χ4v) is 2.74. The molecule has 1 aromatic heterocycles. The van der Waals surface area contributed by atoms with E-state index in [4.69, 9.17) is 11.6 Å². The van der Waals surface area contributed by atoms with Crippen molar-refractivity contribution in [2.24, 2.45) is 0 Å². The van der Waals surface area contributed by atoms with Crippen LogP contribution in [0.15, 0.2) is 24.3 Å². The van der Waals surface area contributed by atoms with Crippen molar-refractivity contribution in [3.63, 3.8) is 0 Å². The first-order chi connectivity index (χ1) is 10.1. The predicted molar refractivity (Wildman–Crippen MR) is 86.7 cm³/mol. The number of aromatic nitrogens is 2. The first-order valence-electron chi connectivity index (χ1n) is 7.47. The minimum absolute atomic E-state index is 0.712. The Morgan fingerprint density at radius 2 is 1.90 bits per heavy atom. The van der Waals surface area contributed by atoms with Crippen molar-refractivity contribution in [1.82, 2.24) is 15.3 Å². The monoisotopic (exact) mass is 301 g/mol. The normalized spacial score (nSPS) is 14.4. The van der Waals surface area contributed by atoms with Crippen LogP contribution in [0, 0.1) is 13.8 Å². The average molecular weight is 302 g/mol. The topological polar surface area (TPSA) is 37.8 Å². The molecule has 1 saturated carbocycles. The third-order valence-corrected chi connectivity index (χ3v) is 4.12. The lowest BCUT2D eigenvalue weighted by Crippen LogP contribution is -2.20. The largest absolute Gasteiger partial charge is 0.314 e. The van der Waals surface area contributed by atoms with Crippen LogP contribution in [0.25, 0.3) is 11.4 Å². The van der Waals surface area contributed by atoms with Gasteiger partial charge in [0, 0.05) is 28.0 Å². The molecule has 2 aromatic rings.